The molecule has 0 bridgehead atoms. The van der Waals surface area contributed by atoms with Crippen molar-refractivity contribution in [1.29, 1.82) is 0 Å². The van der Waals surface area contributed by atoms with Crippen molar-refractivity contribution in [3.63, 3.8) is 0 Å². The third-order valence-corrected chi connectivity index (χ3v) is 5.57. The Morgan fingerprint density at radius 2 is 1.95 bits per heavy atom. The maximum absolute atomic E-state index is 12.1. The van der Waals surface area contributed by atoms with Gasteiger partial charge in [-0.1, -0.05) is 20.8 Å². The van der Waals surface area contributed by atoms with E-state index in [0.717, 1.165) is 37.0 Å². The predicted molar refractivity (Wildman–Crippen MR) is 83.2 cm³/mol. The van der Waals surface area contributed by atoms with Gasteiger partial charge in [0, 0.05) is 11.4 Å². The number of amides is 1. The number of aliphatic hydroxyl groups is 1. The summed E-state index contributed by atoms with van der Waals surface area (Å²) in [5.74, 6) is -0.0621. The Labute approximate surface area is 125 Å². The van der Waals surface area contributed by atoms with E-state index >= 15 is 0 Å². The third-order valence-electron chi connectivity index (χ3n) is 4.35. The average molecular weight is 295 g/mol. The van der Waals surface area contributed by atoms with Gasteiger partial charge in [-0.05, 0) is 49.7 Å². The number of thiophene rings is 1. The van der Waals surface area contributed by atoms with Crippen molar-refractivity contribution in [3.05, 3.63) is 21.9 Å². The van der Waals surface area contributed by atoms with Gasteiger partial charge >= 0.3 is 0 Å². The molecule has 1 aliphatic rings. The minimum absolute atomic E-state index is 0.0621. The average Bonchev–Trinajstić information content (AvgIpc) is 2.89. The van der Waals surface area contributed by atoms with Gasteiger partial charge in [0.1, 0.15) is 0 Å². The predicted octanol–water partition coefficient (Wildman–Crippen LogP) is 3.37. The Balaban J connectivity index is 1.87. The van der Waals surface area contributed by atoms with Crippen LogP contribution in [0.3, 0.4) is 0 Å². The minimum Gasteiger partial charge on any atom is -0.388 e. The first-order valence-corrected chi connectivity index (χ1v) is 8.25. The molecule has 3 nitrogen and oxygen atoms in total. The Kier molecular flexibility index (Phi) is 4.55. The number of nitrogens with one attached hydrogen (secondary N) is 1. The van der Waals surface area contributed by atoms with E-state index in [1.54, 1.807) is 0 Å². The van der Waals surface area contributed by atoms with Crippen LogP contribution >= 0.6 is 11.3 Å². The van der Waals surface area contributed by atoms with Crippen LogP contribution in [0.4, 0.5) is 0 Å². The van der Waals surface area contributed by atoms with Gasteiger partial charge in [-0.2, -0.15) is 0 Å². The highest BCUT2D eigenvalue weighted by molar-refractivity contribution is 7.14. The van der Waals surface area contributed by atoms with Gasteiger partial charge in [0.2, 0.25) is 0 Å². The smallest absolute Gasteiger partial charge is 0.261 e. The number of carbonyl (C=O) groups is 1. The largest absolute Gasteiger partial charge is 0.388 e. The third kappa shape index (κ3) is 3.83. The lowest BCUT2D eigenvalue weighted by atomic mass is 9.71. The van der Waals surface area contributed by atoms with Gasteiger partial charge in [0.05, 0.1) is 10.5 Å². The van der Waals surface area contributed by atoms with Gasteiger partial charge in [0.15, 0.2) is 0 Å². The standard InChI is InChI=1S/C16H25NO2S/c1-4-12-5-6-13(20-12)14(18)17-11-16(19)9-7-15(2,3)8-10-16/h5-6,19H,4,7-11H2,1-3H3,(H,17,18). The second-order valence-corrected chi connectivity index (χ2v) is 7.86. The molecular formula is C16H25NO2S. The van der Waals surface area contributed by atoms with Crippen LogP contribution in [0.1, 0.15) is 61.0 Å². The van der Waals surface area contributed by atoms with Crippen LogP contribution in [-0.4, -0.2) is 23.2 Å². The molecule has 112 valence electrons. The summed E-state index contributed by atoms with van der Waals surface area (Å²) in [5.41, 5.74) is -0.407. The molecule has 0 aliphatic heterocycles. The lowest BCUT2D eigenvalue weighted by Gasteiger charge is -2.40. The number of rotatable bonds is 4. The van der Waals surface area contributed by atoms with E-state index in [-0.39, 0.29) is 5.91 Å². The topological polar surface area (TPSA) is 49.3 Å². The van der Waals surface area contributed by atoms with Crippen molar-refractivity contribution in [2.45, 2.75) is 58.5 Å². The number of hydrogen-bond acceptors (Lipinski definition) is 3. The quantitative estimate of drug-likeness (QED) is 0.894. The van der Waals surface area contributed by atoms with E-state index in [4.69, 9.17) is 0 Å². The molecule has 1 saturated carbocycles. The molecule has 0 aromatic carbocycles. The van der Waals surface area contributed by atoms with Crippen LogP contribution in [0.25, 0.3) is 0 Å². The van der Waals surface area contributed by atoms with Gasteiger partial charge in [-0.3, -0.25) is 4.79 Å². The number of hydrogen-bond donors (Lipinski definition) is 2. The Bertz CT molecular complexity index is 469. The lowest BCUT2D eigenvalue weighted by Crippen LogP contribution is -2.46. The molecule has 1 amide bonds. The molecule has 0 atom stereocenters. The zero-order chi connectivity index (χ0) is 14.8. The highest BCUT2D eigenvalue weighted by atomic mass is 32.1. The maximum atomic E-state index is 12.1. The van der Waals surface area contributed by atoms with E-state index in [2.05, 4.69) is 26.1 Å². The monoisotopic (exact) mass is 295 g/mol. The fraction of sp³-hybridized carbons (Fsp3) is 0.688. The first-order valence-electron chi connectivity index (χ1n) is 7.43. The molecule has 1 aromatic heterocycles. The first-order chi connectivity index (χ1) is 9.34. The van der Waals surface area contributed by atoms with Crippen LogP contribution in [-0.2, 0) is 6.42 Å². The molecule has 2 N–H and O–H groups in total. The van der Waals surface area contributed by atoms with Crippen LogP contribution in [0, 0.1) is 5.41 Å². The van der Waals surface area contributed by atoms with Gasteiger partial charge in [-0.15, -0.1) is 11.3 Å². The van der Waals surface area contributed by atoms with Crippen molar-refractivity contribution in [1.82, 2.24) is 5.32 Å². The summed E-state index contributed by atoms with van der Waals surface area (Å²) in [6.45, 7) is 6.92. The van der Waals surface area contributed by atoms with E-state index < -0.39 is 5.60 Å². The molecule has 2 rings (SSSR count). The summed E-state index contributed by atoms with van der Waals surface area (Å²) in [5, 5.41) is 13.4. The molecule has 0 unspecified atom stereocenters. The summed E-state index contributed by atoms with van der Waals surface area (Å²) in [6, 6.07) is 3.87. The molecule has 0 saturated heterocycles. The van der Waals surface area contributed by atoms with Crippen LogP contribution < -0.4 is 5.32 Å². The molecule has 4 heteroatoms. The lowest BCUT2D eigenvalue weighted by molar-refractivity contribution is -0.0232. The van der Waals surface area contributed by atoms with Crippen LogP contribution in [0.15, 0.2) is 12.1 Å². The van der Waals surface area contributed by atoms with Crippen molar-refractivity contribution in [2.75, 3.05) is 6.54 Å². The normalized spacial score (nSPS) is 20.6. The zero-order valence-electron chi connectivity index (χ0n) is 12.7. The first kappa shape index (κ1) is 15.5. The Morgan fingerprint density at radius 1 is 1.30 bits per heavy atom. The number of carbonyl (C=O) groups excluding carboxylic acids is 1. The zero-order valence-corrected chi connectivity index (χ0v) is 13.5. The summed E-state index contributed by atoms with van der Waals surface area (Å²) < 4.78 is 0. The van der Waals surface area contributed by atoms with E-state index in [1.165, 1.54) is 16.2 Å². The van der Waals surface area contributed by atoms with Crippen LogP contribution in [0.5, 0.6) is 0 Å². The van der Waals surface area contributed by atoms with E-state index in [1.807, 2.05) is 12.1 Å². The van der Waals surface area contributed by atoms with Crippen molar-refractivity contribution < 1.29 is 9.90 Å². The van der Waals surface area contributed by atoms with Gasteiger partial charge in [-0.25, -0.2) is 0 Å². The van der Waals surface area contributed by atoms with E-state index in [0.29, 0.717) is 12.0 Å². The molecule has 1 aliphatic carbocycles. The highest BCUT2D eigenvalue weighted by Crippen LogP contribution is 2.39. The molecule has 1 aromatic rings. The second kappa shape index (κ2) is 5.86. The fourth-order valence-electron chi connectivity index (χ4n) is 2.59. The summed E-state index contributed by atoms with van der Waals surface area (Å²) in [4.78, 5) is 14.0. The van der Waals surface area contributed by atoms with Crippen molar-refractivity contribution in [3.8, 4) is 0 Å². The highest BCUT2D eigenvalue weighted by Gasteiger charge is 2.36. The maximum Gasteiger partial charge on any atom is 0.261 e. The molecule has 0 spiro atoms. The van der Waals surface area contributed by atoms with Gasteiger partial charge < -0.3 is 10.4 Å². The van der Waals surface area contributed by atoms with Crippen LogP contribution in [0.2, 0.25) is 0 Å². The second-order valence-electron chi connectivity index (χ2n) is 6.69. The fourth-order valence-corrected chi connectivity index (χ4v) is 3.45. The molecule has 0 radical (unpaired) electrons. The summed E-state index contributed by atoms with van der Waals surface area (Å²) >= 11 is 1.53. The molecule has 1 fully saturated rings. The molecule has 1 heterocycles. The summed E-state index contributed by atoms with van der Waals surface area (Å²) in [6.07, 6.45) is 4.52. The minimum atomic E-state index is -0.726. The Morgan fingerprint density at radius 3 is 2.50 bits per heavy atom. The summed E-state index contributed by atoms with van der Waals surface area (Å²) in [7, 11) is 0. The van der Waals surface area contributed by atoms with Gasteiger partial charge in [0.25, 0.3) is 5.91 Å². The van der Waals surface area contributed by atoms with Crippen molar-refractivity contribution >= 4 is 17.2 Å². The van der Waals surface area contributed by atoms with E-state index in [9.17, 15) is 9.90 Å². The van der Waals surface area contributed by atoms with Crippen molar-refractivity contribution in [2.24, 2.45) is 5.41 Å². The Hall–Kier alpha value is -0.870. The molecule has 20 heavy (non-hydrogen) atoms. The SMILES string of the molecule is CCc1ccc(C(=O)NCC2(O)CCC(C)(C)CC2)s1. The number of aryl methyl sites for hydroxylation is 1. The molecular weight excluding hydrogens is 270 g/mol.